The average molecular weight is 385 g/mol. The number of thioether (sulfide) groups is 1. The Balaban J connectivity index is 1.85. The van der Waals surface area contributed by atoms with E-state index in [0.29, 0.717) is 17.2 Å². The molecule has 0 saturated carbocycles. The molecule has 6 nitrogen and oxygen atoms in total. The van der Waals surface area contributed by atoms with E-state index in [4.69, 9.17) is 0 Å². The van der Waals surface area contributed by atoms with Crippen LogP contribution in [-0.2, 0) is 11.3 Å². The van der Waals surface area contributed by atoms with Crippen molar-refractivity contribution in [3.8, 4) is 0 Å². The number of hydrogen-bond donors (Lipinski definition) is 2. The minimum atomic E-state index is -0.416. The molecule has 0 unspecified atom stereocenters. The summed E-state index contributed by atoms with van der Waals surface area (Å²) >= 11 is 4.22. The first kappa shape index (κ1) is 18.9. The minimum Gasteiger partial charge on any atom is -0.363 e. The number of carbonyl (C=O) groups is 2. The summed E-state index contributed by atoms with van der Waals surface area (Å²) in [6.45, 7) is 6.06. The van der Waals surface area contributed by atoms with E-state index in [2.05, 4.69) is 20.8 Å². The van der Waals surface area contributed by atoms with Gasteiger partial charge in [0.1, 0.15) is 0 Å². The Morgan fingerprint density at radius 2 is 1.96 bits per heavy atom. The first-order valence-electron chi connectivity index (χ1n) is 7.34. The molecule has 0 spiro atoms. The maximum Gasteiger partial charge on any atom is 0.225 e. The first-order chi connectivity index (χ1) is 11.3. The maximum atomic E-state index is 12.2. The van der Waals surface area contributed by atoms with Crippen molar-refractivity contribution in [3.63, 3.8) is 0 Å². The van der Waals surface area contributed by atoms with Gasteiger partial charge >= 0.3 is 0 Å². The van der Waals surface area contributed by atoms with E-state index in [1.54, 1.807) is 7.05 Å². The Hall–Kier alpha value is -1.45. The van der Waals surface area contributed by atoms with Crippen molar-refractivity contribution in [1.82, 2.24) is 15.5 Å². The van der Waals surface area contributed by atoms with Crippen LogP contribution in [0.2, 0.25) is 0 Å². The summed E-state index contributed by atoms with van der Waals surface area (Å²) in [7, 11) is 1.78. The fourth-order valence-corrected chi connectivity index (χ4v) is 4.19. The van der Waals surface area contributed by atoms with Crippen LogP contribution < -0.4 is 10.6 Å². The number of hydrogen-bond acceptors (Lipinski definition) is 8. The van der Waals surface area contributed by atoms with E-state index in [1.807, 2.05) is 32.9 Å². The van der Waals surface area contributed by atoms with Crippen LogP contribution in [0.15, 0.2) is 16.5 Å². The zero-order chi connectivity index (χ0) is 17.7. The fourth-order valence-electron chi connectivity index (χ4n) is 1.62. The Morgan fingerprint density at radius 3 is 2.58 bits per heavy atom. The van der Waals surface area contributed by atoms with Crippen molar-refractivity contribution in [2.45, 2.75) is 31.7 Å². The van der Waals surface area contributed by atoms with E-state index in [0.717, 1.165) is 14.3 Å². The van der Waals surface area contributed by atoms with Crippen molar-refractivity contribution in [3.05, 3.63) is 21.9 Å². The molecule has 0 fully saturated rings. The van der Waals surface area contributed by atoms with Crippen molar-refractivity contribution in [1.29, 1.82) is 0 Å². The third-order valence-electron chi connectivity index (χ3n) is 2.99. The number of ketones is 1. The van der Waals surface area contributed by atoms with E-state index < -0.39 is 5.41 Å². The fraction of sp³-hybridized carbons (Fsp3) is 0.467. The zero-order valence-corrected chi connectivity index (χ0v) is 16.5. The lowest BCUT2D eigenvalue weighted by Crippen LogP contribution is -2.34. The van der Waals surface area contributed by atoms with Gasteiger partial charge in [-0.15, -0.1) is 21.5 Å². The van der Waals surface area contributed by atoms with Gasteiger partial charge in [-0.25, -0.2) is 0 Å². The van der Waals surface area contributed by atoms with Crippen molar-refractivity contribution in [2.75, 3.05) is 18.1 Å². The highest BCUT2D eigenvalue weighted by Gasteiger charge is 2.21. The molecule has 2 N–H and O–H groups in total. The van der Waals surface area contributed by atoms with Crippen molar-refractivity contribution >= 4 is 51.3 Å². The number of anilines is 1. The van der Waals surface area contributed by atoms with Crippen molar-refractivity contribution < 1.29 is 9.59 Å². The summed E-state index contributed by atoms with van der Waals surface area (Å²) in [5.74, 6) is 0.377. The van der Waals surface area contributed by atoms with Gasteiger partial charge in [-0.2, -0.15) is 0 Å². The summed E-state index contributed by atoms with van der Waals surface area (Å²) < 4.78 is 0.766. The quantitative estimate of drug-likeness (QED) is 0.563. The van der Waals surface area contributed by atoms with Gasteiger partial charge in [0, 0.05) is 17.3 Å². The maximum absolute atomic E-state index is 12.2. The normalized spacial score (nSPS) is 11.3. The highest BCUT2D eigenvalue weighted by atomic mass is 32.2. The first-order valence-corrected chi connectivity index (χ1v) is 9.95. The van der Waals surface area contributed by atoms with Crippen LogP contribution in [0.3, 0.4) is 0 Å². The Kier molecular flexibility index (Phi) is 6.36. The standard InChI is InChI=1S/C15H20N4O2S3/c1-15(2,3)12(21)17-7-9-5-6-11(23-9)10(20)8-22-14-19-18-13(16-4)24-14/h5-6H,7-8H2,1-4H3,(H,16,18)(H,17,21). The molecule has 2 heterocycles. The van der Waals surface area contributed by atoms with Crippen LogP contribution in [-0.4, -0.2) is 34.7 Å². The molecule has 9 heteroatoms. The third-order valence-corrected chi connectivity index (χ3v) is 6.19. The zero-order valence-electron chi connectivity index (χ0n) is 14.0. The van der Waals surface area contributed by atoms with Crippen LogP contribution in [0, 0.1) is 5.41 Å². The van der Waals surface area contributed by atoms with Crippen molar-refractivity contribution in [2.24, 2.45) is 5.41 Å². The number of nitrogens with one attached hydrogen (secondary N) is 2. The molecule has 1 amide bonds. The summed E-state index contributed by atoms with van der Waals surface area (Å²) in [5, 5.41) is 14.5. The van der Waals surface area contributed by atoms with Crippen LogP contribution in [0.1, 0.15) is 35.3 Å². The molecule has 0 atom stereocenters. The highest BCUT2D eigenvalue weighted by Crippen LogP contribution is 2.27. The molecule has 130 valence electrons. The van der Waals surface area contributed by atoms with E-state index in [9.17, 15) is 9.59 Å². The molecule has 0 radical (unpaired) electrons. The van der Waals surface area contributed by atoms with Gasteiger partial charge in [0.25, 0.3) is 0 Å². The van der Waals surface area contributed by atoms with Gasteiger partial charge in [-0.3, -0.25) is 9.59 Å². The van der Waals surface area contributed by atoms with Crippen LogP contribution in [0.4, 0.5) is 5.13 Å². The molecule has 0 aliphatic rings. The number of thiophene rings is 1. The third kappa shape index (κ3) is 5.29. The van der Waals surface area contributed by atoms with Crippen LogP contribution in [0.5, 0.6) is 0 Å². The molecule has 24 heavy (non-hydrogen) atoms. The molecule has 0 aliphatic carbocycles. The molecule has 0 aliphatic heterocycles. The molecular formula is C15H20N4O2S3. The molecule has 0 saturated heterocycles. The minimum absolute atomic E-state index is 0.00376. The number of nitrogens with zero attached hydrogens (tertiary/aromatic N) is 2. The average Bonchev–Trinajstić information content (AvgIpc) is 3.18. The lowest BCUT2D eigenvalue weighted by molar-refractivity contribution is -0.128. The largest absolute Gasteiger partial charge is 0.363 e. The second-order valence-corrected chi connectivity index (χ2v) is 9.40. The van der Waals surface area contributed by atoms with E-state index in [1.165, 1.54) is 34.4 Å². The second kappa shape index (κ2) is 8.09. The molecular weight excluding hydrogens is 364 g/mol. The monoisotopic (exact) mass is 384 g/mol. The lowest BCUT2D eigenvalue weighted by atomic mass is 9.96. The van der Waals surface area contributed by atoms with E-state index >= 15 is 0 Å². The van der Waals surface area contributed by atoms with Crippen LogP contribution in [0.25, 0.3) is 0 Å². The molecule has 0 aromatic carbocycles. The number of amides is 1. The summed E-state index contributed by atoms with van der Waals surface area (Å²) in [4.78, 5) is 25.8. The number of Topliss-reactive ketones (excluding diaryl/α,β-unsaturated/α-hetero) is 1. The second-order valence-electron chi connectivity index (χ2n) is 6.03. The summed E-state index contributed by atoms with van der Waals surface area (Å²) in [6, 6.07) is 3.70. The van der Waals surface area contributed by atoms with E-state index in [-0.39, 0.29) is 11.7 Å². The molecule has 2 aromatic heterocycles. The summed E-state index contributed by atoms with van der Waals surface area (Å²) in [6.07, 6.45) is 0. The summed E-state index contributed by atoms with van der Waals surface area (Å²) in [5.41, 5.74) is -0.416. The lowest BCUT2D eigenvalue weighted by Gasteiger charge is -2.17. The van der Waals surface area contributed by atoms with Crippen LogP contribution >= 0.6 is 34.4 Å². The predicted molar refractivity (Wildman–Crippen MR) is 100 cm³/mol. The molecule has 0 bridgehead atoms. The Morgan fingerprint density at radius 1 is 1.21 bits per heavy atom. The smallest absolute Gasteiger partial charge is 0.225 e. The number of carbonyl (C=O) groups excluding carboxylic acids is 2. The van der Waals surface area contributed by atoms with Gasteiger partial charge < -0.3 is 10.6 Å². The van der Waals surface area contributed by atoms with Gasteiger partial charge in [0.15, 0.2) is 10.1 Å². The number of rotatable bonds is 7. The highest BCUT2D eigenvalue weighted by molar-refractivity contribution is 8.01. The predicted octanol–water partition coefficient (Wildman–Crippen LogP) is 3.28. The number of aromatic nitrogens is 2. The topological polar surface area (TPSA) is 84.0 Å². The Bertz CT molecular complexity index is 718. The van der Waals surface area contributed by atoms with Gasteiger partial charge in [-0.05, 0) is 12.1 Å². The van der Waals surface area contributed by atoms with Gasteiger partial charge in [0.2, 0.25) is 11.0 Å². The molecule has 2 rings (SSSR count). The van der Waals surface area contributed by atoms with Gasteiger partial charge in [-0.1, -0.05) is 43.9 Å². The van der Waals surface area contributed by atoms with Gasteiger partial charge in [0.05, 0.1) is 17.2 Å². The molecule has 2 aromatic rings. The SMILES string of the molecule is CNc1nnc(SCC(=O)c2ccc(CNC(=O)C(C)(C)C)s2)s1. The Labute approximate surface area is 153 Å².